The Morgan fingerprint density at radius 2 is 1.07 bits per heavy atom. The summed E-state index contributed by atoms with van der Waals surface area (Å²) in [5.41, 5.74) is 0. The molecule has 2 fully saturated rings. The second-order valence-corrected chi connectivity index (χ2v) is 7.65. The van der Waals surface area contributed by atoms with Crippen LogP contribution in [0.5, 0.6) is 0 Å². The average molecular weight is 397 g/mol. The molecule has 0 saturated carbocycles. The Hall–Kier alpha value is -1.40. The minimum Gasteiger partial charge on any atom is -0.463 e. The zero-order chi connectivity index (χ0) is 19.9. The number of hydrogen-bond acceptors (Lipinski definition) is 6. The van der Waals surface area contributed by atoms with E-state index in [0.717, 1.165) is 64.6 Å². The van der Waals surface area contributed by atoms with Gasteiger partial charge in [0.1, 0.15) is 25.4 Å². The summed E-state index contributed by atoms with van der Waals surface area (Å²) in [5.74, 6) is -0.194. The number of unbranched alkanes of at least 4 members (excludes halogenated alkanes) is 8. The van der Waals surface area contributed by atoms with E-state index < -0.39 is 0 Å². The third-order valence-corrected chi connectivity index (χ3v) is 4.84. The second kappa shape index (κ2) is 14.6. The van der Waals surface area contributed by atoms with Crippen LogP contribution in [0.4, 0.5) is 0 Å². The molecule has 28 heavy (non-hydrogen) atoms. The molecule has 160 valence electrons. The maximum Gasteiger partial charge on any atom is 0.305 e. The molecule has 6 nitrogen and oxygen atoms in total. The van der Waals surface area contributed by atoms with Crippen molar-refractivity contribution in [1.82, 2.24) is 0 Å². The van der Waals surface area contributed by atoms with Gasteiger partial charge in [-0.15, -0.1) is 0 Å². The molecule has 2 rings (SSSR count). The Labute approximate surface area is 168 Å². The van der Waals surface area contributed by atoms with Crippen molar-refractivity contribution in [3.63, 3.8) is 0 Å². The van der Waals surface area contributed by atoms with E-state index in [2.05, 4.69) is 12.2 Å². The first-order valence-electron chi connectivity index (χ1n) is 10.9. The van der Waals surface area contributed by atoms with E-state index >= 15 is 0 Å². The highest BCUT2D eigenvalue weighted by atomic mass is 16.6. The number of carbonyl (C=O) groups is 2. The fourth-order valence-electron chi connectivity index (χ4n) is 2.85. The number of allylic oxidation sites excluding steroid dienone is 2. The average Bonchev–Trinajstić information content (AvgIpc) is 3.59. The predicted octanol–water partition coefficient (Wildman–Crippen LogP) is 4.11. The van der Waals surface area contributed by atoms with E-state index in [9.17, 15) is 9.59 Å². The van der Waals surface area contributed by atoms with Crippen LogP contribution in [-0.2, 0) is 28.5 Å². The molecule has 0 amide bonds. The molecule has 0 bridgehead atoms. The van der Waals surface area contributed by atoms with Gasteiger partial charge in [0.15, 0.2) is 0 Å². The van der Waals surface area contributed by atoms with Crippen LogP contribution in [0.3, 0.4) is 0 Å². The van der Waals surface area contributed by atoms with E-state index in [1.807, 2.05) is 0 Å². The molecule has 0 aromatic carbocycles. The summed E-state index contributed by atoms with van der Waals surface area (Å²) in [6.07, 6.45) is 16.8. The molecule has 0 radical (unpaired) electrons. The van der Waals surface area contributed by atoms with Gasteiger partial charge < -0.3 is 18.9 Å². The maximum absolute atomic E-state index is 11.4. The van der Waals surface area contributed by atoms with Crippen molar-refractivity contribution in [2.45, 2.75) is 89.3 Å². The maximum atomic E-state index is 11.4. The van der Waals surface area contributed by atoms with Crippen molar-refractivity contribution >= 4 is 11.9 Å². The third-order valence-electron chi connectivity index (χ3n) is 4.84. The molecule has 0 aromatic rings. The fourth-order valence-corrected chi connectivity index (χ4v) is 2.85. The van der Waals surface area contributed by atoms with Crippen molar-refractivity contribution in [3.05, 3.63) is 12.2 Å². The first-order valence-corrected chi connectivity index (χ1v) is 10.9. The highest BCUT2D eigenvalue weighted by molar-refractivity contribution is 5.69. The number of carbonyl (C=O) groups excluding carboxylic acids is 2. The lowest BCUT2D eigenvalue weighted by molar-refractivity contribution is -0.145. The normalized spacial score (nSPS) is 20.3. The lowest BCUT2D eigenvalue weighted by atomic mass is 10.1. The largest absolute Gasteiger partial charge is 0.463 e. The van der Waals surface area contributed by atoms with Gasteiger partial charge in [0.2, 0.25) is 0 Å². The molecule has 2 aliphatic rings. The van der Waals surface area contributed by atoms with Crippen LogP contribution in [0, 0.1) is 0 Å². The highest BCUT2D eigenvalue weighted by Crippen LogP contribution is 2.12. The summed E-state index contributed by atoms with van der Waals surface area (Å²) in [5, 5.41) is 0. The first kappa shape index (κ1) is 22.9. The van der Waals surface area contributed by atoms with Gasteiger partial charge in [-0.25, -0.2) is 0 Å². The van der Waals surface area contributed by atoms with Crippen LogP contribution in [0.1, 0.15) is 77.0 Å². The minimum atomic E-state index is -0.0971. The summed E-state index contributed by atoms with van der Waals surface area (Å²) >= 11 is 0. The van der Waals surface area contributed by atoms with Crippen LogP contribution in [0.15, 0.2) is 12.2 Å². The Bertz CT molecular complexity index is 426. The van der Waals surface area contributed by atoms with Crippen LogP contribution < -0.4 is 0 Å². The zero-order valence-corrected chi connectivity index (χ0v) is 17.1. The van der Waals surface area contributed by atoms with Crippen molar-refractivity contribution < 1.29 is 28.5 Å². The topological polar surface area (TPSA) is 77.7 Å². The van der Waals surface area contributed by atoms with Crippen LogP contribution >= 0.6 is 0 Å². The zero-order valence-electron chi connectivity index (χ0n) is 17.1. The first-order chi connectivity index (χ1) is 13.7. The molecular weight excluding hydrogens is 360 g/mol. The Morgan fingerprint density at radius 1 is 0.679 bits per heavy atom. The minimum absolute atomic E-state index is 0.0971. The predicted molar refractivity (Wildman–Crippen MR) is 106 cm³/mol. The summed E-state index contributed by atoms with van der Waals surface area (Å²) in [6.45, 7) is 2.31. The molecule has 0 aromatic heterocycles. The van der Waals surface area contributed by atoms with Gasteiger partial charge in [0.05, 0.1) is 13.2 Å². The van der Waals surface area contributed by atoms with Gasteiger partial charge in [-0.1, -0.05) is 37.8 Å². The summed E-state index contributed by atoms with van der Waals surface area (Å²) in [4.78, 5) is 22.9. The van der Waals surface area contributed by atoms with E-state index in [1.54, 1.807) is 0 Å². The highest BCUT2D eigenvalue weighted by Gasteiger charge is 2.24. The fraction of sp³-hybridized carbons (Fsp3) is 0.818. The van der Waals surface area contributed by atoms with Crippen molar-refractivity contribution in [2.75, 3.05) is 26.4 Å². The van der Waals surface area contributed by atoms with Gasteiger partial charge in [0, 0.05) is 12.8 Å². The van der Waals surface area contributed by atoms with Gasteiger partial charge in [-0.2, -0.15) is 0 Å². The number of rotatable bonds is 18. The van der Waals surface area contributed by atoms with E-state index in [-0.39, 0.29) is 24.1 Å². The quantitative estimate of drug-likeness (QED) is 0.150. The van der Waals surface area contributed by atoms with E-state index in [4.69, 9.17) is 18.9 Å². The molecule has 2 atom stereocenters. The van der Waals surface area contributed by atoms with E-state index in [1.165, 1.54) is 12.8 Å². The Kier molecular flexibility index (Phi) is 11.9. The van der Waals surface area contributed by atoms with Crippen molar-refractivity contribution in [1.29, 1.82) is 0 Å². The van der Waals surface area contributed by atoms with E-state index in [0.29, 0.717) is 26.1 Å². The van der Waals surface area contributed by atoms with Gasteiger partial charge in [-0.3, -0.25) is 9.59 Å². The number of hydrogen-bond donors (Lipinski definition) is 0. The number of epoxide rings is 2. The second-order valence-electron chi connectivity index (χ2n) is 7.65. The van der Waals surface area contributed by atoms with Gasteiger partial charge in [-0.05, 0) is 38.5 Å². The summed E-state index contributed by atoms with van der Waals surface area (Å²) in [7, 11) is 0. The van der Waals surface area contributed by atoms with Crippen molar-refractivity contribution in [3.8, 4) is 0 Å². The van der Waals surface area contributed by atoms with Crippen LogP contribution in [0.2, 0.25) is 0 Å². The molecule has 2 saturated heterocycles. The molecule has 2 aliphatic heterocycles. The van der Waals surface area contributed by atoms with Crippen molar-refractivity contribution in [2.24, 2.45) is 0 Å². The monoisotopic (exact) mass is 396 g/mol. The number of esters is 2. The lowest BCUT2D eigenvalue weighted by Gasteiger charge is -2.03. The molecular formula is C22H36O6. The lowest BCUT2D eigenvalue weighted by Crippen LogP contribution is -2.09. The molecule has 0 N–H and O–H groups in total. The molecule has 0 spiro atoms. The van der Waals surface area contributed by atoms with Gasteiger partial charge in [0.25, 0.3) is 0 Å². The Balaban J connectivity index is 1.24. The van der Waals surface area contributed by atoms with Crippen LogP contribution in [0.25, 0.3) is 0 Å². The summed E-state index contributed by atoms with van der Waals surface area (Å²) in [6, 6.07) is 0. The number of ether oxygens (including phenoxy) is 4. The molecule has 2 heterocycles. The third kappa shape index (κ3) is 13.7. The Morgan fingerprint density at radius 3 is 1.46 bits per heavy atom. The van der Waals surface area contributed by atoms with Crippen LogP contribution in [-0.4, -0.2) is 50.6 Å². The SMILES string of the molecule is O=C(CCCCCCC=CCCCCCCC(=O)OCC1CO1)OCC1CO1. The standard InChI is InChI=1S/C22H36O6/c23-21(27-17-19-15-25-19)13-11-9-7-5-3-1-2-4-6-8-10-12-14-22(24)28-18-20-16-26-20/h1-2,19-20H,3-18H2. The molecule has 6 heteroatoms. The smallest absolute Gasteiger partial charge is 0.305 e. The molecule has 0 aliphatic carbocycles. The summed E-state index contributed by atoms with van der Waals surface area (Å²) < 4.78 is 20.2. The molecule has 2 unspecified atom stereocenters. The van der Waals surface area contributed by atoms with Gasteiger partial charge >= 0.3 is 11.9 Å².